The van der Waals surface area contributed by atoms with Gasteiger partial charge in [0.05, 0.1) is 24.1 Å². The smallest absolute Gasteiger partial charge is 0.232 e. The van der Waals surface area contributed by atoms with Gasteiger partial charge in [-0.3, -0.25) is 0 Å². The molecule has 1 aliphatic rings. The van der Waals surface area contributed by atoms with Crippen LogP contribution in [-0.4, -0.2) is 4.57 Å². The molecule has 0 saturated carbocycles. The van der Waals surface area contributed by atoms with E-state index in [0.29, 0.717) is 5.92 Å². The first-order valence-corrected chi connectivity index (χ1v) is 19.9. The van der Waals surface area contributed by atoms with Crippen molar-refractivity contribution in [3.63, 3.8) is 0 Å². The van der Waals surface area contributed by atoms with E-state index in [0.717, 1.165) is 32.1 Å². The molecule has 1 atom stereocenters. The lowest BCUT2D eigenvalue weighted by molar-refractivity contribution is -0.763. The molecule has 3 aromatic heterocycles. The molecule has 1 aliphatic heterocycles. The van der Waals surface area contributed by atoms with E-state index in [4.69, 9.17) is 0 Å². The molecule has 51 heavy (non-hydrogen) atoms. The molecule has 4 aromatic carbocycles. The lowest BCUT2D eigenvalue weighted by atomic mass is 9.68. The van der Waals surface area contributed by atoms with Crippen molar-refractivity contribution < 1.29 is 9.13 Å². The van der Waals surface area contributed by atoms with Crippen LogP contribution in [0.15, 0.2) is 110 Å². The molecule has 7 aromatic rings. The number of hydrogen-bond acceptors (Lipinski definition) is 1. The van der Waals surface area contributed by atoms with Gasteiger partial charge in [0.25, 0.3) is 5.82 Å². The maximum atomic E-state index is 2.73. The second kappa shape index (κ2) is 13.5. The fourth-order valence-electron chi connectivity index (χ4n) is 9.12. The predicted octanol–water partition coefficient (Wildman–Crippen LogP) is 11.5. The van der Waals surface area contributed by atoms with Crippen LogP contribution in [0.5, 0.6) is 0 Å². The standard InChI is InChI=1S/C47H51N3S/c1-7-10-16-34-21-23-38-39-24-25-40-41(26-22-35-17-14-15-20-37(35)46-48(6)27-28-49(46)36-18-12-11-13-19-36)47(8-2,9-3)50-31-33(5)32(4)29-42(50)44(40)45(39)51-43(38)30-34/h11-15,17-21,23-25,27-31,41H,7-10,16,22,26H2,1-6H3/q+2. The molecule has 4 heteroatoms. The monoisotopic (exact) mass is 689 g/mol. The summed E-state index contributed by atoms with van der Waals surface area (Å²) in [5, 5.41) is 2.80. The van der Waals surface area contributed by atoms with Gasteiger partial charge in [0, 0.05) is 44.6 Å². The van der Waals surface area contributed by atoms with Gasteiger partial charge in [-0.1, -0.05) is 87.9 Å². The molecule has 1 unspecified atom stereocenters. The number of fused-ring (bicyclic) bond motifs is 7. The Bertz CT molecular complexity index is 2370. The number of aromatic nitrogens is 3. The van der Waals surface area contributed by atoms with Crippen molar-refractivity contribution in [2.24, 2.45) is 7.05 Å². The molecule has 3 nitrogen and oxygen atoms in total. The minimum atomic E-state index is -0.0116. The van der Waals surface area contributed by atoms with Gasteiger partial charge in [0.2, 0.25) is 5.69 Å². The highest BCUT2D eigenvalue weighted by molar-refractivity contribution is 7.26. The fourth-order valence-corrected chi connectivity index (χ4v) is 10.5. The van der Waals surface area contributed by atoms with E-state index in [-0.39, 0.29) is 5.54 Å². The Morgan fingerprint density at radius 2 is 1.57 bits per heavy atom. The summed E-state index contributed by atoms with van der Waals surface area (Å²) in [5.74, 6) is 1.59. The normalized spacial score (nSPS) is 15.0. The number of hydrogen-bond donors (Lipinski definition) is 0. The van der Waals surface area contributed by atoms with Gasteiger partial charge in [-0.15, -0.1) is 11.3 Å². The summed E-state index contributed by atoms with van der Waals surface area (Å²) >= 11 is 2.01. The zero-order chi connectivity index (χ0) is 35.3. The van der Waals surface area contributed by atoms with Crippen LogP contribution in [0, 0.1) is 13.8 Å². The molecule has 0 radical (unpaired) electrons. The van der Waals surface area contributed by atoms with E-state index in [2.05, 4.69) is 165 Å². The van der Waals surface area contributed by atoms with Gasteiger partial charge < -0.3 is 0 Å². The van der Waals surface area contributed by atoms with Gasteiger partial charge in [0.15, 0.2) is 11.7 Å². The van der Waals surface area contributed by atoms with Crippen molar-refractivity contribution in [3.05, 3.63) is 137 Å². The van der Waals surface area contributed by atoms with Crippen LogP contribution < -0.4 is 9.13 Å². The number of benzene rings is 4. The molecule has 0 aliphatic carbocycles. The number of nitrogens with zero attached hydrogens (tertiary/aromatic N) is 3. The van der Waals surface area contributed by atoms with Crippen molar-refractivity contribution in [1.29, 1.82) is 0 Å². The largest absolute Gasteiger partial charge is 0.294 e. The summed E-state index contributed by atoms with van der Waals surface area (Å²) in [4.78, 5) is 0. The van der Waals surface area contributed by atoms with E-state index < -0.39 is 0 Å². The van der Waals surface area contributed by atoms with E-state index in [9.17, 15) is 0 Å². The Morgan fingerprint density at radius 1 is 0.804 bits per heavy atom. The Kier molecular flexibility index (Phi) is 8.92. The van der Waals surface area contributed by atoms with Gasteiger partial charge in [-0.05, 0) is 86.1 Å². The van der Waals surface area contributed by atoms with Crippen LogP contribution in [-0.2, 0) is 25.4 Å². The molecule has 258 valence electrons. The third-order valence-electron chi connectivity index (χ3n) is 12.1. The highest BCUT2D eigenvalue weighted by Crippen LogP contribution is 2.52. The number of rotatable bonds is 10. The Morgan fingerprint density at radius 3 is 2.35 bits per heavy atom. The van der Waals surface area contributed by atoms with Crippen molar-refractivity contribution >= 4 is 31.5 Å². The van der Waals surface area contributed by atoms with Gasteiger partial charge in [-0.25, -0.2) is 4.57 Å². The number of aryl methyl sites for hydroxylation is 5. The Balaban J connectivity index is 1.28. The molecule has 8 rings (SSSR count). The summed E-state index contributed by atoms with van der Waals surface area (Å²) in [7, 11) is 2.17. The molecule has 0 spiro atoms. The molecule has 0 bridgehead atoms. The predicted molar refractivity (Wildman–Crippen MR) is 215 cm³/mol. The first-order valence-electron chi connectivity index (χ1n) is 19.1. The third kappa shape index (κ3) is 5.54. The highest BCUT2D eigenvalue weighted by Gasteiger charge is 2.51. The minimum Gasteiger partial charge on any atom is -0.232 e. The summed E-state index contributed by atoms with van der Waals surface area (Å²) in [6.45, 7) is 11.7. The molecule has 0 saturated heterocycles. The number of imidazole rings is 1. The Labute approximate surface area is 307 Å². The topological polar surface area (TPSA) is 12.7 Å². The number of unbranched alkanes of at least 4 members (excludes halogenated alkanes) is 1. The Hall–Kier alpha value is -4.54. The van der Waals surface area contributed by atoms with Crippen LogP contribution in [0.2, 0.25) is 0 Å². The average Bonchev–Trinajstić information content (AvgIpc) is 3.73. The van der Waals surface area contributed by atoms with Crippen molar-refractivity contribution in [2.75, 3.05) is 0 Å². The third-order valence-corrected chi connectivity index (χ3v) is 13.3. The van der Waals surface area contributed by atoms with Gasteiger partial charge in [-0.2, -0.15) is 9.13 Å². The van der Waals surface area contributed by atoms with Gasteiger partial charge in [0.1, 0.15) is 18.1 Å². The number of thiophene rings is 1. The molecule has 0 N–H and O–H groups in total. The van der Waals surface area contributed by atoms with E-state index >= 15 is 0 Å². The molecule has 0 fully saturated rings. The lowest BCUT2D eigenvalue weighted by Crippen LogP contribution is -2.62. The van der Waals surface area contributed by atoms with E-state index in [1.54, 1.807) is 0 Å². The number of para-hydroxylation sites is 1. The summed E-state index contributed by atoms with van der Waals surface area (Å²) in [5.41, 5.74) is 12.5. The summed E-state index contributed by atoms with van der Waals surface area (Å²) < 4.78 is 10.2. The summed E-state index contributed by atoms with van der Waals surface area (Å²) in [6, 6.07) is 34.5. The zero-order valence-corrected chi connectivity index (χ0v) is 32.0. The van der Waals surface area contributed by atoms with E-state index in [1.165, 1.54) is 89.2 Å². The first kappa shape index (κ1) is 33.6. The molecular formula is C47H51N3S+2. The van der Waals surface area contributed by atoms with Crippen LogP contribution in [0.4, 0.5) is 0 Å². The maximum absolute atomic E-state index is 2.73. The molecule has 4 heterocycles. The van der Waals surface area contributed by atoms with Crippen molar-refractivity contribution in [1.82, 2.24) is 4.57 Å². The van der Waals surface area contributed by atoms with E-state index in [1.807, 2.05) is 11.3 Å². The zero-order valence-electron chi connectivity index (χ0n) is 31.2. The van der Waals surface area contributed by atoms with Crippen LogP contribution in [0.3, 0.4) is 0 Å². The van der Waals surface area contributed by atoms with Gasteiger partial charge >= 0.3 is 0 Å². The minimum absolute atomic E-state index is 0.0116. The quantitative estimate of drug-likeness (QED) is 0.127. The lowest BCUT2D eigenvalue weighted by Gasteiger charge is -2.40. The first-order chi connectivity index (χ1) is 24.9. The van der Waals surface area contributed by atoms with Crippen molar-refractivity contribution in [2.45, 2.75) is 91.0 Å². The molecular weight excluding hydrogens is 639 g/mol. The summed E-state index contributed by atoms with van der Waals surface area (Å²) in [6.07, 6.45) is 14.8. The van der Waals surface area contributed by atoms with Crippen LogP contribution >= 0.6 is 11.3 Å². The van der Waals surface area contributed by atoms with Crippen LogP contribution in [0.1, 0.15) is 86.6 Å². The average molecular weight is 690 g/mol. The molecule has 0 amide bonds. The van der Waals surface area contributed by atoms with Crippen molar-refractivity contribution in [3.8, 4) is 28.3 Å². The van der Waals surface area contributed by atoms with Crippen LogP contribution in [0.25, 0.3) is 48.5 Å². The second-order valence-electron chi connectivity index (χ2n) is 14.8. The highest BCUT2D eigenvalue weighted by atomic mass is 32.1. The fraction of sp³-hybridized carbons (Fsp3) is 0.319. The second-order valence-corrected chi connectivity index (χ2v) is 15.9. The SMILES string of the molecule is CCCCc1ccc2c(c1)sc1c3c(ccc12)C(CCc1ccccc1-c1n(-c2ccccc2)cc[n+]1C)C(CC)(CC)[n+]1cc(C)c(C)cc1-3. The maximum Gasteiger partial charge on any atom is 0.294 e. The number of pyridine rings is 1.